The Morgan fingerprint density at radius 2 is 2.00 bits per heavy atom. The summed E-state index contributed by atoms with van der Waals surface area (Å²) in [5.41, 5.74) is -0.646. The highest BCUT2D eigenvalue weighted by molar-refractivity contribution is 9.10. The van der Waals surface area contributed by atoms with Crippen molar-refractivity contribution in [2.75, 3.05) is 25.0 Å². The lowest BCUT2D eigenvalue weighted by Crippen LogP contribution is -2.29. The Morgan fingerprint density at radius 3 is 2.58 bits per heavy atom. The molecule has 19 heavy (non-hydrogen) atoms. The van der Waals surface area contributed by atoms with Gasteiger partial charge < -0.3 is 15.7 Å². The zero-order valence-electron chi connectivity index (χ0n) is 10.4. The molecule has 0 radical (unpaired) electrons. The number of aliphatic hydroxyl groups excluding tert-OH is 1. The number of alkyl halides is 3. The SMILES string of the molecule is CC(O)CNCCNc1cc(Br)ccc1C(F)(F)F. The molecule has 3 N–H and O–H groups in total. The van der Waals surface area contributed by atoms with Gasteiger partial charge in [0.15, 0.2) is 0 Å². The van der Waals surface area contributed by atoms with E-state index in [1.807, 2.05) is 0 Å². The fraction of sp³-hybridized carbons (Fsp3) is 0.500. The van der Waals surface area contributed by atoms with Crippen LogP contribution in [0.15, 0.2) is 22.7 Å². The van der Waals surface area contributed by atoms with Gasteiger partial charge in [-0.2, -0.15) is 13.2 Å². The molecule has 0 aliphatic rings. The van der Waals surface area contributed by atoms with Gasteiger partial charge in [0, 0.05) is 29.8 Å². The molecule has 1 aromatic carbocycles. The third-order valence-electron chi connectivity index (χ3n) is 2.34. The third kappa shape index (κ3) is 5.80. The van der Waals surface area contributed by atoms with Crippen LogP contribution in [0.3, 0.4) is 0 Å². The largest absolute Gasteiger partial charge is 0.418 e. The van der Waals surface area contributed by atoms with Gasteiger partial charge in [0.1, 0.15) is 0 Å². The minimum atomic E-state index is -4.38. The highest BCUT2D eigenvalue weighted by Gasteiger charge is 2.33. The maximum absolute atomic E-state index is 12.8. The van der Waals surface area contributed by atoms with Crippen molar-refractivity contribution < 1.29 is 18.3 Å². The predicted molar refractivity (Wildman–Crippen MR) is 72.2 cm³/mol. The van der Waals surface area contributed by atoms with Gasteiger partial charge in [0.2, 0.25) is 0 Å². The number of anilines is 1. The van der Waals surface area contributed by atoms with Gasteiger partial charge in [0.25, 0.3) is 0 Å². The molecule has 0 spiro atoms. The molecule has 3 nitrogen and oxygen atoms in total. The maximum Gasteiger partial charge on any atom is 0.418 e. The van der Waals surface area contributed by atoms with Crippen LogP contribution in [0.2, 0.25) is 0 Å². The van der Waals surface area contributed by atoms with E-state index in [0.717, 1.165) is 6.07 Å². The Bertz CT molecular complexity index is 410. The summed E-state index contributed by atoms with van der Waals surface area (Å²) in [6, 6.07) is 3.80. The minimum absolute atomic E-state index is 0.0423. The van der Waals surface area contributed by atoms with E-state index in [4.69, 9.17) is 5.11 Å². The van der Waals surface area contributed by atoms with Crippen LogP contribution in [-0.4, -0.2) is 30.8 Å². The van der Waals surface area contributed by atoms with Gasteiger partial charge in [-0.15, -0.1) is 0 Å². The molecular weight excluding hydrogens is 325 g/mol. The van der Waals surface area contributed by atoms with Gasteiger partial charge in [-0.05, 0) is 25.1 Å². The first-order chi connectivity index (χ1) is 8.80. The third-order valence-corrected chi connectivity index (χ3v) is 2.84. The lowest BCUT2D eigenvalue weighted by Gasteiger charge is -2.15. The van der Waals surface area contributed by atoms with Crippen LogP contribution in [0.5, 0.6) is 0 Å². The van der Waals surface area contributed by atoms with E-state index in [-0.39, 0.29) is 5.69 Å². The Balaban J connectivity index is 2.59. The minimum Gasteiger partial charge on any atom is -0.392 e. The van der Waals surface area contributed by atoms with E-state index in [1.54, 1.807) is 6.92 Å². The number of hydrogen-bond acceptors (Lipinski definition) is 3. The van der Waals surface area contributed by atoms with Crippen molar-refractivity contribution in [3.05, 3.63) is 28.2 Å². The molecule has 1 atom stereocenters. The second-order valence-corrected chi connectivity index (χ2v) is 5.08. The first-order valence-electron chi connectivity index (χ1n) is 5.80. The topological polar surface area (TPSA) is 44.3 Å². The fourth-order valence-electron chi connectivity index (χ4n) is 1.51. The Kier molecular flexibility index (Phi) is 6.09. The van der Waals surface area contributed by atoms with E-state index in [0.29, 0.717) is 24.1 Å². The lowest BCUT2D eigenvalue weighted by atomic mass is 10.1. The van der Waals surface area contributed by atoms with Crippen LogP contribution in [0.25, 0.3) is 0 Å². The number of aliphatic hydroxyl groups is 1. The molecule has 0 aliphatic carbocycles. The van der Waals surface area contributed by atoms with Crippen molar-refractivity contribution in [2.24, 2.45) is 0 Å². The van der Waals surface area contributed by atoms with Crippen LogP contribution in [0.4, 0.5) is 18.9 Å². The zero-order valence-corrected chi connectivity index (χ0v) is 12.0. The average Bonchev–Trinajstić information content (AvgIpc) is 2.26. The van der Waals surface area contributed by atoms with Crippen LogP contribution in [0, 0.1) is 0 Å². The standard InChI is InChI=1S/C12H16BrF3N2O/c1-8(19)7-17-4-5-18-11-6-9(13)2-3-10(11)12(14,15)16/h2-3,6,8,17-19H,4-5,7H2,1H3. The van der Waals surface area contributed by atoms with Crippen molar-refractivity contribution in [1.82, 2.24) is 5.32 Å². The van der Waals surface area contributed by atoms with Gasteiger partial charge in [-0.25, -0.2) is 0 Å². The summed E-state index contributed by atoms with van der Waals surface area (Å²) in [5.74, 6) is 0. The van der Waals surface area contributed by atoms with Gasteiger partial charge in [-0.3, -0.25) is 0 Å². The number of benzene rings is 1. The zero-order chi connectivity index (χ0) is 14.5. The summed E-state index contributed by atoms with van der Waals surface area (Å²) in [5, 5.41) is 14.7. The quantitative estimate of drug-likeness (QED) is 0.698. The van der Waals surface area contributed by atoms with Crippen molar-refractivity contribution in [3.8, 4) is 0 Å². The first kappa shape index (κ1) is 16.3. The second-order valence-electron chi connectivity index (χ2n) is 4.17. The molecule has 0 aromatic heterocycles. The smallest absolute Gasteiger partial charge is 0.392 e. The van der Waals surface area contributed by atoms with Gasteiger partial charge in [0.05, 0.1) is 11.7 Å². The Hall–Kier alpha value is -0.790. The molecular formula is C12H16BrF3N2O. The summed E-state index contributed by atoms with van der Waals surface area (Å²) in [6.07, 6.45) is -4.85. The lowest BCUT2D eigenvalue weighted by molar-refractivity contribution is -0.136. The number of hydrogen-bond donors (Lipinski definition) is 3. The normalized spacial score (nSPS) is 13.4. The number of halogens is 4. The molecule has 1 unspecified atom stereocenters. The predicted octanol–water partition coefficient (Wildman–Crippen LogP) is 2.85. The first-order valence-corrected chi connectivity index (χ1v) is 6.59. The van der Waals surface area contributed by atoms with Crippen LogP contribution >= 0.6 is 15.9 Å². The van der Waals surface area contributed by atoms with Gasteiger partial charge >= 0.3 is 6.18 Å². The summed E-state index contributed by atoms with van der Waals surface area (Å²) in [4.78, 5) is 0. The van der Waals surface area contributed by atoms with E-state index in [1.165, 1.54) is 12.1 Å². The Labute approximate surface area is 118 Å². The molecule has 0 fully saturated rings. The Morgan fingerprint density at radius 1 is 1.32 bits per heavy atom. The fourth-order valence-corrected chi connectivity index (χ4v) is 1.87. The summed E-state index contributed by atoms with van der Waals surface area (Å²) < 4.78 is 38.9. The van der Waals surface area contributed by atoms with Gasteiger partial charge in [-0.1, -0.05) is 15.9 Å². The monoisotopic (exact) mass is 340 g/mol. The van der Waals surface area contributed by atoms with Crippen LogP contribution in [0.1, 0.15) is 12.5 Å². The van der Waals surface area contributed by atoms with Crippen LogP contribution < -0.4 is 10.6 Å². The molecule has 0 saturated carbocycles. The second kappa shape index (κ2) is 7.12. The average molecular weight is 341 g/mol. The highest BCUT2D eigenvalue weighted by atomic mass is 79.9. The van der Waals surface area contributed by atoms with E-state index in [9.17, 15) is 13.2 Å². The number of rotatable bonds is 6. The molecule has 0 aliphatic heterocycles. The molecule has 1 aromatic rings. The van der Waals surface area contributed by atoms with E-state index < -0.39 is 17.8 Å². The molecule has 0 bridgehead atoms. The number of nitrogens with one attached hydrogen (secondary N) is 2. The molecule has 0 amide bonds. The molecule has 1 rings (SSSR count). The van der Waals surface area contributed by atoms with Crippen molar-refractivity contribution in [2.45, 2.75) is 19.2 Å². The molecule has 7 heteroatoms. The summed E-state index contributed by atoms with van der Waals surface area (Å²) in [6.45, 7) is 2.85. The molecule has 0 saturated heterocycles. The molecule has 0 heterocycles. The summed E-state index contributed by atoms with van der Waals surface area (Å²) >= 11 is 3.15. The van der Waals surface area contributed by atoms with Crippen molar-refractivity contribution >= 4 is 21.6 Å². The maximum atomic E-state index is 12.8. The van der Waals surface area contributed by atoms with E-state index in [2.05, 4.69) is 26.6 Å². The highest BCUT2D eigenvalue weighted by Crippen LogP contribution is 2.36. The van der Waals surface area contributed by atoms with E-state index >= 15 is 0 Å². The molecule has 108 valence electrons. The van der Waals surface area contributed by atoms with Crippen molar-refractivity contribution in [3.63, 3.8) is 0 Å². The van der Waals surface area contributed by atoms with Crippen LogP contribution in [-0.2, 0) is 6.18 Å². The summed E-state index contributed by atoms with van der Waals surface area (Å²) in [7, 11) is 0. The van der Waals surface area contributed by atoms with Crippen molar-refractivity contribution in [1.29, 1.82) is 0 Å².